The molecule has 1 N–H and O–H groups in total. The molecule has 3 aromatic rings. The molecule has 0 bridgehead atoms. The van der Waals surface area contributed by atoms with Crippen LogP contribution in [0.3, 0.4) is 0 Å². The minimum Gasteiger partial charge on any atom is -0.378 e. The number of nitrogens with one attached hydrogen (secondary N) is 1. The number of anilines is 4. The predicted octanol–water partition coefficient (Wildman–Crippen LogP) is 4.08. The van der Waals surface area contributed by atoms with Crippen molar-refractivity contribution in [2.24, 2.45) is 0 Å². The van der Waals surface area contributed by atoms with Gasteiger partial charge < -0.3 is 19.9 Å². The third-order valence-corrected chi connectivity index (χ3v) is 7.64. The smallest absolute Gasteiger partial charge is 0.135 e. The van der Waals surface area contributed by atoms with Gasteiger partial charge >= 0.3 is 0 Å². The first-order valence-corrected chi connectivity index (χ1v) is 12.9. The van der Waals surface area contributed by atoms with Gasteiger partial charge in [0.25, 0.3) is 0 Å². The molecule has 6 rings (SSSR count). The first-order valence-electron chi connectivity index (χ1n) is 12.9. The topological polar surface area (TPSA) is 56.8 Å². The van der Waals surface area contributed by atoms with E-state index >= 15 is 0 Å². The van der Waals surface area contributed by atoms with Gasteiger partial charge in [0.2, 0.25) is 0 Å². The Labute approximate surface area is 207 Å². The van der Waals surface area contributed by atoms with Crippen molar-refractivity contribution >= 4 is 23.0 Å². The Morgan fingerprint density at radius 1 is 0.800 bits per heavy atom. The van der Waals surface area contributed by atoms with E-state index in [0.717, 1.165) is 63.3 Å². The first kappa shape index (κ1) is 22.3. The van der Waals surface area contributed by atoms with Crippen molar-refractivity contribution < 1.29 is 4.74 Å². The monoisotopic (exact) mass is 470 g/mol. The van der Waals surface area contributed by atoms with Crippen LogP contribution in [0.5, 0.6) is 0 Å². The Balaban J connectivity index is 1.10. The van der Waals surface area contributed by atoms with Crippen molar-refractivity contribution in [3.05, 3.63) is 72.1 Å². The van der Waals surface area contributed by atoms with Crippen LogP contribution < -0.4 is 15.1 Å². The van der Waals surface area contributed by atoms with Crippen LogP contribution in [-0.4, -0.2) is 66.8 Å². The molecule has 7 nitrogen and oxygen atoms in total. The summed E-state index contributed by atoms with van der Waals surface area (Å²) >= 11 is 0. The molecular weight excluding hydrogens is 436 g/mol. The maximum Gasteiger partial charge on any atom is 0.135 e. The third-order valence-electron chi connectivity index (χ3n) is 7.64. The molecule has 2 saturated heterocycles. The van der Waals surface area contributed by atoms with E-state index in [4.69, 9.17) is 4.74 Å². The number of nitrogens with zero attached hydrogens (tertiary/aromatic N) is 5. The highest BCUT2D eigenvalue weighted by atomic mass is 16.5. The molecule has 1 aromatic heterocycles. The maximum absolute atomic E-state index is 5.53. The second-order valence-electron chi connectivity index (χ2n) is 9.71. The average molecular weight is 471 g/mol. The van der Waals surface area contributed by atoms with E-state index < -0.39 is 0 Å². The number of ether oxygens (including phenoxy) is 1. The van der Waals surface area contributed by atoms with Gasteiger partial charge in [0.15, 0.2) is 0 Å². The van der Waals surface area contributed by atoms with Crippen molar-refractivity contribution in [2.75, 3.05) is 61.1 Å². The number of hydrogen-bond acceptors (Lipinski definition) is 7. The average Bonchev–Trinajstić information content (AvgIpc) is 2.94. The normalized spacial score (nSPS) is 19.4. The van der Waals surface area contributed by atoms with Crippen LogP contribution in [-0.2, 0) is 17.7 Å². The van der Waals surface area contributed by atoms with Gasteiger partial charge in [0.05, 0.1) is 24.6 Å². The zero-order valence-electron chi connectivity index (χ0n) is 20.3. The molecule has 0 unspecified atom stereocenters. The fraction of sp³-hybridized carbons (Fsp3) is 0.429. The molecule has 3 aliphatic heterocycles. The molecule has 0 spiro atoms. The number of morpholine rings is 1. The summed E-state index contributed by atoms with van der Waals surface area (Å²) in [6.07, 6.45) is 5.20. The van der Waals surface area contributed by atoms with Crippen LogP contribution in [0.1, 0.15) is 24.0 Å². The first-order chi connectivity index (χ1) is 17.3. The number of rotatable bonds is 5. The van der Waals surface area contributed by atoms with Gasteiger partial charge in [-0.3, -0.25) is 4.90 Å². The van der Waals surface area contributed by atoms with Gasteiger partial charge in [-0.15, -0.1) is 0 Å². The second kappa shape index (κ2) is 10.2. The van der Waals surface area contributed by atoms with Crippen LogP contribution >= 0.6 is 0 Å². The van der Waals surface area contributed by atoms with Gasteiger partial charge in [-0.1, -0.05) is 36.4 Å². The number of para-hydroxylation sites is 2. The largest absolute Gasteiger partial charge is 0.378 e. The summed E-state index contributed by atoms with van der Waals surface area (Å²) in [4.78, 5) is 16.6. The van der Waals surface area contributed by atoms with Crippen LogP contribution in [0.25, 0.3) is 0 Å². The highest BCUT2D eigenvalue weighted by Gasteiger charge is 2.28. The van der Waals surface area contributed by atoms with Gasteiger partial charge in [0, 0.05) is 51.4 Å². The van der Waals surface area contributed by atoms with E-state index in [9.17, 15) is 0 Å². The van der Waals surface area contributed by atoms with E-state index in [0.29, 0.717) is 6.04 Å². The lowest BCUT2D eigenvalue weighted by molar-refractivity contribution is 0.123. The van der Waals surface area contributed by atoms with Crippen molar-refractivity contribution in [1.29, 1.82) is 0 Å². The fourth-order valence-corrected chi connectivity index (χ4v) is 5.67. The van der Waals surface area contributed by atoms with Crippen LogP contribution in [0.15, 0.2) is 60.9 Å². The minimum absolute atomic E-state index is 0.652. The molecule has 0 aliphatic carbocycles. The molecule has 35 heavy (non-hydrogen) atoms. The number of fused-ring (bicyclic) bond motifs is 1. The van der Waals surface area contributed by atoms with Crippen molar-refractivity contribution in [2.45, 2.75) is 31.8 Å². The van der Waals surface area contributed by atoms with E-state index in [2.05, 4.69) is 84.6 Å². The summed E-state index contributed by atoms with van der Waals surface area (Å²) in [7, 11) is 0. The number of aromatic nitrogens is 2. The summed E-state index contributed by atoms with van der Waals surface area (Å²) in [5.41, 5.74) is 5.30. The van der Waals surface area contributed by atoms with Crippen LogP contribution in [0.2, 0.25) is 0 Å². The van der Waals surface area contributed by atoms with Crippen LogP contribution in [0.4, 0.5) is 23.0 Å². The summed E-state index contributed by atoms with van der Waals surface area (Å²) < 4.78 is 5.53. The molecule has 3 aliphatic rings. The van der Waals surface area contributed by atoms with Gasteiger partial charge in [-0.05, 0) is 42.5 Å². The SMILES string of the molecule is c1ccc2c(c1)CCN(C1CCN(c3cc(Nc4ccccc4N4CCOCC4)ncn3)CC1)C2. The summed E-state index contributed by atoms with van der Waals surface area (Å²) in [6.45, 7) is 7.68. The Morgan fingerprint density at radius 2 is 1.57 bits per heavy atom. The Morgan fingerprint density at radius 3 is 2.43 bits per heavy atom. The highest BCUT2D eigenvalue weighted by Crippen LogP contribution is 2.30. The molecule has 2 fully saturated rings. The predicted molar refractivity (Wildman–Crippen MR) is 141 cm³/mol. The molecule has 4 heterocycles. The second-order valence-corrected chi connectivity index (χ2v) is 9.71. The zero-order chi connectivity index (χ0) is 23.5. The lowest BCUT2D eigenvalue weighted by atomic mass is 9.95. The Hall–Kier alpha value is -3.16. The molecule has 0 radical (unpaired) electrons. The Bertz CT molecular complexity index is 1140. The number of piperidine rings is 1. The molecule has 0 saturated carbocycles. The summed E-state index contributed by atoms with van der Waals surface area (Å²) in [6, 6.07) is 20.1. The van der Waals surface area contributed by atoms with E-state index in [-0.39, 0.29) is 0 Å². The van der Waals surface area contributed by atoms with Crippen molar-refractivity contribution in [1.82, 2.24) is 14.9 Å². The molecule has 0 atom stereocenters. The van der Waals surface area contributed by atoms with Crippen molar-refractivity contribution in [3.8, 4) is 0 Å². The summed E-state index contributed by atoms with van der Waals surface area (Å²) in [5, 5.41) is 3.55. The lowest BCUT2D eigenvalue weighted by Crippen LogP contribution is -2.46. The van der Waals surface area contributed by atoms with Gasteiger partial charge in [-0.25, -0.2) is 9.97 Å². The molecule has 182 valence electrons. The van der Waals surface area contributed by atoms with Crippen molar-refractivity contribution in [3.63, 3.8) is 0 Å². The fourth-order valence-electron chi connectivity index (χ4n) is 5.67. The zero-order valence-corrected chi connectivity index (χ0v) is 20.3. The highest BCUT2D eigenvalue weighted by molar-refractivity contribution is 5.75. The third kappa shape index (κ3) is 4.97. The number of hydrogen-bond donors (Lipinski definition) is 1. The molecule has 2 aromatic carbocycles. The van der Waals surface area contributed by atoms with E-state index in [1.54, 1.807) is 6.33 Å². The van der Waals surface area contributed by atoms with E-state index in [1.807, 2.05) is 0 Å². The maximum atomic E-state index is 5.53. The van der Waals surface area contributed by atoms with Crippen LogP contribution in [0, 0.1) is 0 Å². The molecular formula is C28H34N6O. The van der Waals surface area contributed by atoms with Gasteiger partial charge in [-0.2, -0.15) is 0 Å². The summed E-state index contributed by atoms with van der Waals surface area (Å²) in [5.74, 6) is 1.85. The lowest BCUT2D eigenvalue weighted by Gasteiger charge is -2.41. The molecule has 0 amide bonds. The quantitative estimate of drug-likeness (QED) is 0.603. The number of benzene rings is 2. The van der Waals surface area contributed by atoms with E-state index in [1.165, 1.54) is 42.6 Å². The standard InChI is InChI=1S/C28H34N6O/c1-2-6-23-20-34(12-9-22(23)5-1)24-10-13-33(14-11-24)28-19-27(29-21-30-28)31-25-7-3-4-8-26(25)32-15-17-35-18-16-32/h1-8,19,21,24H,9-18,20H2,(H,29,30,31). The Kier molecular flexibility index (Phi) is 6.51. The molecule has 7 heteroatoms. The minimum atomic E-state index is 0.652. The van der Waals surface area contributed by atoms with Gasteiger partial charge in [0.1, 0.15) is 18.0 Å².